The lowest BCUT2D eigenvalue weighted by atomic mass is 10.2. The van der Waals surface area contributed by atoms with Crippen molar-refractivity contribution in [3.05, 3.63) is 29.8 Å². The van der Waals surface area contributed by atoms with Crippen LogP contribution in [0.2, 0.25) is 0 Å². The molecule has 1 aromatic carbocycles. The Kier molecular flexibility index (Phi) is 7.37. The molecule has 1 aromatic rings. The smallest absolute Gasteiger partial charge is 0.325 e. The second kappa shape index (κ2) is 8.79. The third-order valence-corrected chi connectivity index (χ3v) is 5.28. The van der Waals surface area contributed by atoms with Crippen molar-refractivity contribution >= 4 is 21.9 Å². The van der Waals surface area contributed by atoms with Crippen LogP contribution in [0.3, 0.4) is 0 Å². The summed E-state index contributed by atoms with van der Waals surface area (Å²) in [5.74, 6) is -0.999. The molecular formula is C16H24N2O5S. The van der Waals surface area contributed by atoms with Crippen molar-refractivity contribution in [2.24, 2.45) is 0 Å². The van der Waals surface area contributed by atoms with Crippen molar-refractivity contribution < 1.29 is 22.7 Å². The summed E-state index contributed by atoms with van der Waals surface area (Å²) in [5.41, 5.74) is 0.269. The van der Waals surface area contributed by atoms with Crippen molar-refractivity contribution in [2.75, 3.05) is 19.6 Å². The first kappa shape index (κ1) is 20.1. The van der Waals surface area contributed by atoms with Gasteiger partial charge in [-0.3, -0.25) is 9.59 Å². The zero-order valence-corrected chi connectivity index (χ0v) is 15.2. The SMILES string of the molecule is CCN(CC)S(=O)(=O)c1ccc(C(=O)NCC(=O)OC(C)C)cc1. The van der Waals surface area contributed by atoms with Crippen LogP contribution in [0.1, 0.15) is 38.1 Å². The second-order valence-electron chi connectivity index (χ2n) is 5.33. The first-order valence-electron chi connectivity index (χ1n) is 7.80. The van der Waals surface area contributed by atoms with Gasteiger partial charge in [0.2, 0.25) is 10.0 Å². The Hall–Kier alpha value is -1.93. The number of hydrogen-bond donors (Lipinski definition) is 1. The molecule has 8 heteroatoms. The summed E-state index contributed by atoms with van der Waals surface area (Å²) < 4.78 is 31.0. The molecule has 0 aliphatic heterocycles. The van der Waals surface area contributed by atoms with Gasteiger partial charge in [-0.2, -0.15) is 4.31 Å². The maximum absolute atomic E-state index is 12.4. The minimum absolute atomic E-state index is 0.127. The van der Waals surface area contributed by atoms with Crippen LogP contribution in [0, 0.1) is 0 Å². The Morgan fingerprint density at radius 2 is 1.67 bits per heavy atom. The first-order chi connectivity index (χ1) is 11.2. The van der Waals surface area contributed by atoms with Crippen LogP contribution in [0.4, 0.5) is 0 Å². The van der Waals surface area contributed by atoms with Crippen LogP contribution in [-0.4, -0.2) is 50.3 Å². The van der Waals surface area contributed by atoms with Crippen molar-refractivity contribution in [2.45, 2.75) is 38.7 Å². The number of esters is 1. The third-order valence-electron chi connectivity index (χ3n) is 3.22. The molecule has 0 aliphatic carbocycles. The van der Waals surface area contributed by atoms with Gasteiger partial charge in [-0.1, -0.05) is 13.8 Å². The van der Waals surface area contributed by atoms with E-state index in [9.17, 15) is 18.0 Å². The molecule has 0 heterocycles. The zero-order chi connectivity index (χ0) is 18.3. The summed E-state index contributed by atoms with van der Waals surface area (Å²) in [4.78, 5) is 23.5. The molecular weight excluding hydrogens is 332 g/mol. The van der Waals surface area contributed by atoms with E-state index < -0.39 is 21.9 Å². The van der Waals surface area contributed by atoms with Gasteiger partial charge in [0.15, 0.2) is 0 Å². The lowest BCUT2D eigenvalue weighted by Crippen LogP contribution is -2.32. The molecule has 0 aliphatic rings. The van der Waals surface area contributed by atoms with E-state index in [-0.39, 0.29) is 23.1 Å². The maximum atomic E-state index is 12.4. The van der Waals surface area contributed by atoms with Crippen molar-refractivity contribution in [1.29, 1.82) is 0 Å². The molecule has 0 bridgehead atoms. The Morgan fingerprint density at radius 3 is 2.12 bits per heavy atom. The van der Waals surface area contributed by atoms with Gasteiger partial charge in [-0.25, -0.2) is 8.42 Å². The average Bonchev–Trinajstić information content (AvgIpc) is 2.53. The summed E-state index contributed by atoms with van der Waals surface area (Å²) in [6.07, 6.45) is -0.251. The fourth-order valence-electron chi connectivity index (χ4n) is 2.05. The maximum Gasteiger partial charge on any atom is 0.325 e. The highest BCUT2D eigenvalue weighted by molar-refractivity contribution is 7.89. The Labute approximate surface area is 143 Å². The Balaban J connectivity index is 2.77. The number of ether oxygens (including phenoxy) is 1. The van der Waals surface area contributed by atoms with Gasteiger partial charge in [0.05, 0.1) is 11.0 Å². The predicted octanol–water partition coefficient (Wildman–Crippen LogP) is 1.40. The number of hydrogen-bond acceptors (Lipinski definition) is 5. The molecule has 0 radical (unpaired) electrons. The monoisotopic (exact) mass is 356 g/mol. The largest absolute Gasteiger partial charge is 0.462 e. The van der Waals surface area contributed by atoms with Crippen LogP contribution in [0.15, 0.2) is 29.2 Å². The standard InChI is InChI=1S/C16H24N2O5S/c1-5-18(6-2)24(21,22)14-9-7-13(8-10-14)16(20)17-11-15(19)23-12(3)4/h7-10,12H,5-6,11H2,1-4H3,(H,17,20). The van der Waals surface area contributed by atoms with Crippen molar-refractivity contribution in [3.8, 4) is 0 Å². The molecule has 0 saturated carbocycles. The molecule has 0 saturated heterocycles. The van der Waals surface area contributed by atoms with Gasteiger partial charge in [0.1, 0.15) is 6.54 Å². The molecule has 7 nitrogen and oxygen atoms in total. The summed E-state index contributed by atoms with van der Waals surface area (Å²) in [5, 5.41) is 2.43. The molecule has 134 valence electrons. The van der Waals surface area contributed by atoms with Crippen LogP contribution < -0.4 is 5.32 Å². The van der Waals surface area contributed by atoms with Gasteiger partial charge in [-0.15, -0.1) is 0 Å². The van der Waals surface area contributed by atoms with E-state index in [1.54, 1.807) is 27.7 Å². The summed E-state index contributed by atoms with van der Waals surface area (Å²) in [6, 6.07) is 5.60. The van der Waals surface area contributed by atoms with E-state index in [1.807, 2.05) is 0 Å². The lowest BCUT2D eigenvalue weighted by Gasteiger charge is -2.18. The van der Waals surface area contributed by atoms with Crippen LogP contribution in [0.25, 0.3) is 0 Å². The molecule has 0 fully saturated rings. The van der Waals surface area contributed by atoms with Crippen LogP contribution in [0.5, 0.6) is 0 Å². The third kappa shape index (κ3) is 5.31. The number of rotatable bonds is 8. The molecule has 1 amide bonds. The Bertz CT molecular complexity index is 664. The first-order valence-corrected chi connectivity index (χ1v) is 9.24. The number of carbonyl (C=O) groups excluding carboxylic acids is 2. The fraction of sp³-hybridized carbons (Fsp3) is 0.500. The van der Waals surface area contributed by atoms with E-state index in [0.29, 0.717) is 13.1 Å². The van der Waals surface area contributed by atoms with Gasteiger partial charge in [0, 0.05) is 18.7 Å². The summed E-state index contributed by atoms with van der Waals surface area (Å²) >= 11 is 0. The van der Waals surface area contributed by atoms with E-state index in [0.717, 1.165) is 0 Å². The molecule has 0 spiro atoms. The second-order valence-corrected chi connectivity index (χ2v) is 7.27. The number of nitrogens with zero attached hydrogens (tertiary/aromatic N) is 1. The van der Waals surface area contributed by atoms with Crippen LogP contribution in [-0.2, 0) is 19.6 Å². The molecule has 1 N–H and O–H groups in total. The minimum Gasteiger partial charge on any atom is -0.462 e. The predicted molar refractivity (Wildman–Crippen MR) is 90.1 cm³/mol. The van der Waals surface area contributed by atoms with Crippen LogP contribution >= 0.6 is 0 Å². The molecule has 0 atom stereocenters. The number of amides is 1. The summed E-state index contributed by atoms with van der Waals surface area (Å²) in [7, 11) is -3.56. The normalized spacial score (nSPS) is 11.6. The van der Waals surface area contributed by atoms with E-state index in [2.05, 4.69) is 5.32 Å². The number of carbonyl (C=O) groups is 2. The van der Waals surface area contributed by atoms with E-state index in [1.165, 1.54) is 28.6 Å². The average molecular weight is 356 g/mol. The van der Waals surface area contributed by atoms with Gasteiger partial charge in [-0.05, 0) is 38.1 Å². The zero-order valence-electron chi connectivity index (χ0n) is 14.4. The summed E-state index contributed by atoms with van der Waals surface area (Å²) in [6.45, 7) is 7.47. The van der Waals surface area contributed by atoms with Gasteiger partial charge >= 0.3 is 5.97 Å². The quantitative estimate of drug-likeness (QED) is 0.711. The number of nitrogens with one attached hydrogen (secondary N) is 1. The molecule has 0 unspecified atom stereocenters. The highest BCUT2D eigenvalue weighted by Crippen LogP contribution is 2.16. The number of benzene rings is 1. The van der Waals surface area contributed by atoms with Crippen molar-refractivity contribution in [1.82, 2.24) is 9.62 Å². The lowest BCUT2D eigenvalue weighted by molar-refractivity contribution is -0.146. The fourth-order valence-corrected chi connectivity index (χ4v) is 3.51. The molecule has 1 rings (SSSR count). The molecule has 24 heavy (non-hydrogen) atoms. The Morgan fingerprint density at radius 1 is 1.12 bits per heavy atom. The van der Waals surface area contributed by atoms with Gasteiger partial charge < -0.3 is 10.1 Å². The van der Waals surface area contributed by atoms with E-state index >= 15 is 0 Å². The van der Waals surface area contributed by atoms with E-state index in [4.69, 9.17) is 4.74 Å². The molecule has 0 aromatic heterocycles. The van der Waals surface area contributed by atoms with Gasteiger partial charge in [0.25, 0.3) is 5.91 Å². The highest BCUT2D eigenvalue weighted by Gasteiger charge is 2.21. The highest BCUT2D eigenvalue weighted by atomic mass is 32.2. The topological polar surface area (TPSA) is 92.8 Å². The number of sulfonamides is 1. The van der Waals surface area contributed by atoms with Crippen molar-refractivity contribution in [3.63, 3.8) is 0 Å². The minimum atomic E-state index is -3.56.